The van der Waals surface area contributed by atoms with Crippen LogP contribution in [-0.4, -0.2) is 38.3 Å². The minimum Gasteiger partial charge on any atom is -0.481 e. The number of ether oxygens (including phenoxy) is 1. The number of aromatic amines is 1. The van der Waals surface area contributed by atoms with Crippen LogP contribution in [0.3, 0.4) is 0 Å². The van der Waals surface area contributed by atoms with E-state index in [1.54, 1.807) is 18.2 Å². The lowest BCUT2D eigenvalue weighted by Crippen LogP contribution is -2.31. The molecule has 0 saturated heterocycles. The van der Waals surface area contributed by atoms with Crippen molar-refractivity contribution >= 4 is 29.3 Å². The predicted octanol–water partition coefficient (Wildman–Crippen LogP) is 5.47. The van der Waals surface area contributed by atoms with Crippen LogP contribution in [0.2, 0.25) is 0 Å². The number of hydrogen-bond donors (Lipinski definition) is 2. The third kappa shape index (κ3) is 6.31. The highest BCUT2D eigenvalue weighted by Crippen LogP contribution is 2.40. The van der Waals surface area contributed by atoms with Gasteiger partial charge in [-0.3, -0.25) is 4.79 Å². The molecule has 1 amide bonds. The Bertz CT molecular complexity index is 1420. The van der Waals surface area contributed by atoms with Gasteiger partial charge in [-0.25, -0.2) is 4.98 Å². The van der Waals surface area contributed by atoms with E-state index in [2.05, 4.69) is 24.8 Å². The van der Waals surface area contributed by atoms with E-state index in [1.807, 2.05) is 0 Å². The van der Waals surface area contributed by atoms with Crippen molar-refractivity contribution < 1.29 is 40.4 Å². The SMILES string of the molecule is CC(Oc1ccc(-c2nc(-c3ccc4[nH]c(CCC(N)=O)nc4c3)no2)cc1C(F)(F)F)C(F)(F)F.Cl. The van der Waals surface area contributed by atoms with Gasteiger partial charge in [0, 0.05) is 24.0 Å². The molecule has 0 bridgehead atoms. The van der Waals surface area contributed by atoms with E-state index in [4.69, 9.17) is 10.3 Å². The standard InChI is InChI=1S/C22H17F6N5O3.ClH/c1-10(21(23,24)25)35-16-5-3-12(8-13(16)22(26,27)28)20-32-19(33-36-20)11-2-4-14-15(9-11)31-18(30-14)7-6-17(29)34;/h2-5,8-10H,6-7H2,1H3,(H2,29,34)(H,30,31);1H. The normalized spacial score (nSPS) is 12.8. The fourth-order valence-corrected chi connectivity index (χ4v) is 3.26. The molecule has 15 heteroatoms. The molecule has 1 unspecified atom stereocenters. The molecule has 0 aliphatic carbocycles. The van der Waals surface area contributed by atoms with Crippen LogP contribution in [0.15, 0.2) is 40.9 Å². The molecule has 0 fully saturated rings. The van der Waals surface area contributed by atoms with Gasteiger partial charge >= 0.3 is 12.4 Å². The quantitative estimate of drug-likeness (QED) is 0.295. The number of carbonyl (C=O) groups excluding carboxylic acids is 1. The Labute approximate surface area is 210 Å². The minimum atomic E-state index is -5.00. The van der Waals surface area contributed by atoms with Gasteiger partial charge in [0.2, 0.25) is 11.7 Å². The Morgan fingerprint density at radius 3 is 2.43 bits per heavy atom. The largest absolute Gasteiger partial charge is 0.481 e. The molecule has 0 saturated carbocycles. The average molecular weight is 550 g/mol. The van der Waals surface area contributed by atoms with E-state index in [0.29, 0.717) is 41.8 Å². The molecule has 37 heavy (non-hydrogen) atoms. The highest BCUT2D eigenvalue weighted by atomic mass is 35.5. The third-order valence-electron chi connectivity index (χ3n) is 5.12. The average Bonchev–Trinajstić information content (AvgIpc) is 3.43. The molecular formula is C22H18ClF6N5O3. The Morgan fingerprint density at radius 1 is 1.08 bits per heavy atom. The maximum atomic E-state index is 13.5. The molecule has 2 aromatic heterocycles. The number of aryl methyl sites for hydroxylation is 1. The van der Waals surface area contributed by atoms with Gasteiger partial charge in [0.05, 0.1) is 16.6 Å². The summed E-state index contributed by atoms with van der Waals surface area (Å²) in [4.78, 5) is 22.5. The van der Waals surface area contributed by atoms with Crippen LogP contribution in [0.5, 0.6) is 5.75 Å². The van der Waals surface area contributed by atoms with Crippen LogP contribution in [0.25, 0.3) is 33.9 Å². The van der Waals surface area contributed by atoms with Crippen molar-refractivity contribution in [3.63, 3.8) is 0 Å². The van der Waals surface area contributed by atoms with E-state index in [1.165, 1.54) is 0 Å². The molecular weight excluding hydrogens is 532 g/mol. The lowest BCUT2D eigenvalue weighted by molar-refractivity contribution is -0.191. The highest BCUT2D eigenvalue weighted by molar-refractivity contribution is 5.85. The maximum absolute atomic E-state index is 13.5. The molecule has 198 valence electrons. The van der Waals surface area contributed by atoms with Gasteiger partial charge < -0.3 is 20.0 Å². The summed E-state index contributed by atoms with van der Waals surface area (Å²) in [5.41, 5.74) is 5.20. The molecule has 8 nitrogen and oxygen atoms in total. The summed E-state index contributed by atoms with van der Waals surface area (Å²) in [7, 11) is 0. The van der Waals surface area contributed by atoms with Gasteiger partial charge in [-0.1, -0.05) is 5.16 Å². The Balaban J connectivity index is 0.00000380. The van der Waals surface area contributed by atoms with Crippen molar-refractivity contribution in [1.29, 1.82) is 0 Å². The number of rotatable bonds is 7. The summed E-state index contributed by atoms with van der Waals surface area (Å²) in [5.74, 6) is -1.15. The van der Waals surface area contributed by atoms with Crippen LogP contribution in [-0.2, 0) is 17.4 Å². The number of aromatic nitrogens is 4. The molecule has 0 radical (unpaired) electrons. The Kier molecular flexibility index (Phi) is 7.72. The molecule has 3 N–H and O–H groups in total. The lowest BCUT2D eigenvalue weighted by Gasteiger charge is -2.20. The van der Waals surface area contributed by atoms with Crippen LogP contribution in [0.1, 0.15) is 24.7 Å². The van der Waals surface area contributed by atoms with Crippen molar-refractivity contribution in [1.82, 2.24) is 20.1 Å². The van der Waals surface area contributed by atoms with Gasteiger partial charge in [0.25, 0.3) is 5.89 Å². The van der Waals surface area contributed by atoms with Crippen molar-refractivity contribution in [2.24, 2.45) is 5.73 Å². The fraction of sp³-hybridized carbons (Fsp3) is 0.273. The number of hydrogen-bond acceptors (Lipinski definition) is 6. The summed E-state index contributed by atoms with van der Waals surface area (Å²) >= 11 is 0. The van der Waals surface area contributed by atoms with Crippen LogP contribution >= 0.6 is 12.4 Å². The van der Waals surface area contributed by atoms with Crippen molar-refractivity contribution in [3.05, 3.63) is 47.8 Å². The van der Waals surface area contributed by atoms with E-state index in [-0.39, 0.29) is 36.1 Å². The van der Waals surface area contributed by atoms with Crippen LogP contribution in [0, 0.1) is 0 Å². The predicted molar refractivity (Wildman–Crippen MR) is 121 cm³/mol. The van der Waals surface area contributed by atoms with Crippen molar-refractivity contribution in [2.75, 3.05) is 0 Å². The number of fused-ring (bicyclic) bond motifs is 1. The van der Waals surface area contributed by atoms with Gasteiger partial charge in [0.1, 0.15) is 11.6 Å². The maximum Gasteiger partial charge on any atom is 0.425 e. The first-order valence-corrected chi connectivity index (χ1v) is 10.4. The molecule has 2 heterocycles. The number of halogens is 7. The number of nitrogens with one attached hydrogen (secondary N) is 1. The van der Waals surface area contributed by atoms with Gasteiger partial charge in [-0.05, 0) is 43.3 Å². The number of H-pyrrole nitrogens is 1. The number of nitrogens with zero attached hydrogens (tertiary/aromatic N) is 3. The first-order chi connectivity index (χ1) is 16.8. The molecule has 4 aromatic rings. The number of alkyl halides is 6. The van der Waals surface area contributed by atoms with E-state index >= 15 is 0 Å². The van der Waals surface area contributed by atoms with Crippen molar-refractivity contribution in [3.8, 4) is 28.6 Å². The summed E-state index contributed by atoms with van der Waals surface area (Å²) < 4.78 is 88.6. The minimum absolute atomic E-state index is 0. The Morgan fingerprint density at radius 2 is 1.78 bits per heavy atom. The number of imidazole rings is 1. The summed E-state index contributed by atoms with van der Waals surface area (Å²) in [6, 6.07) is 7.36. The third-order valence-corrected chi connectivity index (χ3v) is 5.12. The molecule has 2 aromatic carbocycles. The molecule has 0 aliphatic heterocycles. The fourth-order valence-electron chi connectivity index (χ4n) is 3.26. The zero-order valence-electron chi connectivity index (χ0n) is 18.8. The first-order valence-electron chi connectivity index (χ1n) is 10.4. The topological polar surface area (TPSA) is 120 Å². The van der Waals surface area contributed by atoms with E-state index in [0.717, 1.165) is 12.1 Å². The number of amides is 1. The van der Waals surface area contributed by atoms with Gasteiger partial charge in [0.15, 0.2) is 6.10 Å². The zero-order valence-corrected chi connectivity index (χ0v) is 19.6. The lowest BCUT2D eigenvalue weighted by atomic mass is 10.1. The number of nitrogens with two attached hydrogens (primary N) is 1. The second kappa shape index (κ2) is 10.3. The number of carbonyl (C=O) groups is 1. The summed E-state index contributed by atoms with van der Waals surface area (Å²) in [6.45, 7) is 0.606. The van der Waals surface area contributed by atoms with Crippen LogP contribution < -0.4 is 10.5 Å². The summed E-state index contributed by atoms with van der Waals surface area (Å²) in [6.07, 6.45) is -11.9. The molecule has 1 atom stereocenters. The first kappa shape index (κ1) is 27.8. The van der Waals surface area contributed by atoms with Gasteiger partial charge in [-0.15, -0.1) is 12.4 Å². The molecule has 0 aliphatic rings. The van der Waals surface area contributed by atoms with Gasteiger partial charge in [-0.2, -0.15) is 31.3 Å². The van der Waals surface area contributed by atoms with E-state index in [9.17, 15) is 31.1 Å². The number of benzene rings is 2. The summed E-state index contributed by atoms with van der Waals surface area (Å²) in [5, 5.41) is 3.78. The number of primary amides is 1. The smallest absolute Gasteiger partial charge is 0.425 e. The Hall–Kier alpha value is -3.81. The van der Waals surface area contributed by atoms with Crippen molar-refractivity contribution in [2.45, 2.75) is 38.2 Å². The molecule has 4 rings (SSSR count). The monoisotopic (exact) mass is 549 g/mol. The van der Waals surface area contributed by atoms with Crippen LogP contribution in [0.4, 0.5) is 26.3 Å². The zero-order chi connectivity index (χ0) is 26.3. The van der Waals surface area contributed by atoms with E-state index < -0.39 is 35.7 Å². The molecule has 0 spiro atoms. The highest BCUT2D eigenvalue weighted by Gasteiger charge is 2.41. The second-order valence-corrected chi connectivity index (χ2v) is 7.82. The second-order valence-electron chi connectivity index (χ2n) is 7.82.